The molecular weight excluding hydrogens is 615 g/mol. The largest absolute Gasteiger partial charge is 0.341 e. The molecule has 3 amide bonds. The van der Waals surface area contributed by atoms with Crippen LogP contribution in [0.5, 0.6) is 0 Å². The fourth-order valence-electron chi connectivity index (χ4n) is 9.15. The summed E-state index contributed by atoms with van der Waals surface area (Å²) in [6.07, 6.45) is 4.00. The van der Waals surface area contributed by atoms with Crippen LogP contribution in [-0.2, 0) is 26.3 Å². The number of aromatic nitrogens is 1. The van der Waals surface area contributed by atoms with Gasteiger partial charge < -0.3 is 4.90 Å². The monoisotopic (exact) mass is 655 g/mol. The minimum absolute atomic E-state index is 0.00725. The highest BCUT2D eigenvalue weighted by atomic mass is 32.2. The van der Waals surface area contributed by atoms with E-state index in [9.17, 15) is 19.2 Å². The molecule has 7 nitrogen and oxygen atoms in total. The number of thioether (sulfide) groups is 1. The van der Waals surface area contributed by atoms with E-state index in [-0.39, 0.29) is 75.3 Å². The van der Waals surface area contributed by atoms with Crippen molar-refractivity contribution in [2.75, 3.05) is 18.0 Å². The number of hydrogen-bond donors (Lipinski definition) is 0. The van der Waals surface area contributed by atoms with Gasteiger partial charge in [-0.1, -0.05) is 74.1 Å². The van der Waals surface area contributed by atoms with Gasteiger partial charge in [0.2, 0.25) is 17.7 Å². The fraction of sp³-hybridized carbons (Fsp3) is 0.514. The van der Waals surface area contributed by atoms with E-state index >= 15 is 0 Å². The Hall–Kier alpha value is -3.17. The number of nitrogens with zero attached hydrogens (tertiary/aromatic N) is 3. The number of fused-ring (bicyclic) bond motifs is 9. The normalized spacial score (nSPS) is 30.0. The van der Waals surface area contributed by atoms with Crippen LogP contribution in [0.2, 0.25) is 0 Å². The minimum Gasteiger partial charge on any atom is -0.341 e. The van der Waals surface area contributed by atoms with Crippen molar-refractivity contribution in [2.24, 2.45) is 29.6 Å². The third-order valence-electron chi connectivity index (χ3n) is 11.4. The molecule has 0 spiro atoms. The summed E-state index contributed by atoms with van der Waals surface area (Å²) in [5.41, 5.74) is 4.14. The molecule has 2 aromatic carbocycles. The zero-order valence-electron chi connectivity index (χ0n) is 26.9. The number of amides is 3. The molecule has 2 bridgehead atoms. The Morgan fingerprint density at radius 2 is 1.52 bits per heavy atom. The van der Waals surface area contributed by atoms with Gasteiger partial charge in [0.1, 0.15) is 6.54 Å². The maximum absolute atomic E-state index is 14.1. The first-order valence-electron chi connectivity index (χ1n) is 16.8. The molecule has 46 heavy (non-hydrogen) atoms. The van der Waals surface area contributed by atoms with Gasteiger partial charge in [0, 0.05) is 29.1 Å². The summed E-state index contributed by atoms with van der Waals surface area (Å²) in [7, 11) is 0. The number of benzene rings is 2. The Kier molecular flexibility index (Phi) is 7.18. The SMILES string of the molecule is Cc1ccc(N2C(=O)C3C4CC(C3C2=O)C2C(c3ccc(C(C)(C)C)cc3)c3sc(=O)n(CC(=O)N5CCCCC5)c3SC42)cc1. The van der Waals surface area contributed by atoms with Gasteiger partial charge in [0.15, 0.2) is 0 Å². The van der Waals surface area contributed by atoms with Gasteiger partial charge in [-0.2, -0.15) is 0 Å². The third kappa shape index (κ3) is 4.59. The highest BCUT2D eigenvalue weighted by Crippen LogP contribution is 2.69. The standard InChI is InChI=1S/C37H41N3O4S2/c1-20-8-14-23(15-9-20)40-33(42)29-24-18-25(30(29)34(40)43)31-28(24)27(21-10-12-22(13-11-21)37(2,3)4)32-35(45-31)39(36(44)46-32)19-26(41)38-16-6-5-7-17-38/h8-15,24-25,27-31H,5-7,16-19H2,1-4H3. The topological polar surface area (TPSA) is 79.7 Å². The Bertz CT molecular complexity index is 1780. The predicted octanol–water partition coefficient (Wildman–Crippen LogP) is 6.21. The molecule has 0 N–H and O–H groups in total. The van der Waals surface area contributed by atoms with Gasteiger partial charge in [-0.3, -0.25) is 28.6 Å². The first-order valence-corrected chi connectivity index (χ1v) is 18.5. The summed E-state index contributed by atoms with van der Waals surface area (Å²) in [4.78, 5) is 59.6. The minimum atomic E-state index is -0.341. The average Bonchev–Trinajstić information content (AvgIpc) is 3.76. The van der Waals surface area contributed by atoms with Crippen LogP contribution < -0.4 is 9.77 Å². The van der Waals surface area contributed by atoms with Crippen LogP contribution in [0.25, 0.3) is 0 Å². The van der Waals surface area contributed by atoms with Crippen molar-refractivity contribution in [2.45, 2.75) is 81.5 Å². The molecule has 2 aliphatic carbocycles. The van der Waals surface area contributed by atoms with Gasteiger partial charge in [0.25, 0.3) is 0 Å². The number of anilines is 1. The summed E-state index contributed by atoms with van der Waals surface area (Å²) in [6, 6.07) is 16.5. The van der Waals surface area contributed by atoms with E-state index < -0.39 is 0 Å². The van der Waals surface area contributed by atoms with Crippen molar-refractivity contribution in [3.63, 3.8) is 0 Å². The Morgan fingerprint density at radius 1 is 0.870 bits per heavy atom. The lowest BCUT2D eigenvalue weighted by Crippen LogP contribution is -2.43. The van der Waals surface area contributed by atoms with E-state index in [0.29, 0.717) is 5.69 Å². The number of carbonyl (C=O) groups is 3. The van der Waals surface area contributed by atoms with Crippen LogP contribution in [0.1, 0.15) is 73.9 Å². The molecule has 9 heteroatoms. The van der Waals surface area contributed by atoms with Crippen LogP contribution in [0.15, 0.2) is 58.4 Å². The Morgan fingerprint density at radius 3 is 2.17 bits per heavy atom. The summed E-state index contributed by atoms with van der Waals surface area (Å²) in [5.74, 6) is -0.650. The number of hydrogen-bond acceptors (Lipinski definition) is 6. The zero-order chi connectivity index (χ0) is 32.1. The van der Waals surface area contributed by atoms with E-state index in [4.69, 9.17) is 0 Å². The number of likely N-dealkylation sites (tertiary alicyclic amines) is 1. The van der Waals surface area contributed by atoms with E-state index in [2.05, 4.69) is 45.0 Å². The second-order valence-corrected chi connectivity index (χ2v) is 17.2. The Balaban J connectivity index is 1.20. The summed E-state index contributed by atoms with van der Waals surface area (Å²) >= 11 is 2.98. The van der Waals surface area contributed by atoms with E-state index in [0.717, 1.165) is 59.8 Å². The number of carbonyl (C=O) groups excluding carboxylic acids is 3. The number of aryl methyl sites for hydroxylation is 1. The fourth-order valence-corrected chi connectivity index (χ4v) is 12.3. The molecule has 3 aliphatic heterocycles. The predicted molar refractivity (Wildman–Crippen MR) is 181 cm³/mol. The van der Waals surface area contributed by atoms with Crippen molar-refractivity contribution in [1.82, 2.24) is 9.47 Å². The molecule has 0 radical (unpaired) electrons. The highest BCUT2D eigenvalue weighted by Gasteiger charge is 2.69. The van der Waals surface area contributed by atoms with Gasteiger partial charge in [-0.15, -0.1) is 11.8 Å². The Labute approximate surface area is 278 Å². The lowest BCUT2D eigenvalue weighted by Gasteiger charge is -2.43. The lowest BCUT2D eigenvalue weighted by atomic mass is 9.68. The van der Waals surface area contributed by atoms with Crippen molar-refractivity contribution in [3.8, 4) is 0 Å². The maximum atomic E-state index is 14.1. The van der Waals surface area contributed by atoms with Crippen molar-refractivity contribution >= 4 is 46.5 Å². The maximum Gasteiger partial charge on any atom is 0.308 e. The van der Waals surface area contributed by atoms with Crippen LogP contribution in [0, 0.1) is 36.5 Å². The molecule has 4 heterocycles. The number of piperidine rings is 1. The quantitative estimate of drug-likeness (QED) is 0.313. The molecule has 4 fully saturated rings. The van der Waals surface area contributed by atoms with Crippen LogP contribution >= 0.6 is 23.1 Å². The van der Waals surface area contributed by atoms with Gasteiger partial charge in [0.05, 0.1) is 22.5 Å². The van der Waals surface area contributed by atoms with Crippen LogP contribution in [-0.4, -0.2) is 45.5 Å². The molecule has 240 valence electrons. The lowest BCUT2D eigenvalue weighted by molar-refractivity contribution is -0.133. The average molecular weight is 656 g/mol. The number of rotatable bonds is 4. The second-order valence-electron chi connectivity index (χ2n) is 15.0. The number of imide groups is 1. The molecule has 7 atom stereocenters. The van der Waals surface area contributed by atoms with E-state index in [1.54, 1.807) is 16.3 Å². The molecule has 2 saturated heterocycles. The molecule has 5 aliphatic rings. The molecule has 3 aromatic rings. The van der Waals surface area contributed by atoms with Crippen LogP contribution in [0.3, 0.4) is 0 Å². The van der Waals surface area contributed by atoms with Gasteiger partial charge in [-0.25, -0.2) is 0 Å². The van der Waals surface area contributed by atoms with Crippen LogP contribution in [0.4, 0.5) is 5.69 Å². The second kappa shape index (κ2) is 10.9. The van der Waals surface area contributed by atoms with Gasteiger partial charge >= 0.3 is 4.87 Å². The molecule has 1 aromatic heterocycles. The van der Waals surface area contributed by atoms with E-state index in [1.807, 2.05) is 36.1 Å². The zero-order valence-corrected chi connectivity index (χ0v) is 28.5. The summed E-state index contributed by atoms with van der Waals surface area (Å²) in [6.45, 7) is 10.2. The van der Waals surface area contributed by atoms with Gasteiger partial charge in [-0.05, 0) is 79.0 Å². The third-order valence-corrected chi connectivity index (χ3v) is 14.2. The van der Waals surface area contributed by atoms with Crippen molar-refractivity contribution in [3.05, 3.63) is 79.8 Å². The number of thiazole rings is 1. The first-order chi connectivity index (χ1) is 22.0. The van der Waals surface area contributed by atoms with E-state index in [1.165, 1.54) is 21.8 Å². The van der Waals surface area contributed by atoms with Crippen molar-refractivity contribution in [1.29, 1.82) is 0 Å². The summed E-state index contributed by atoms with van der Waals surface area (Å²) < 4.78 is 1.72. The molecule has 2 saturated carbocycles. The summed E-state index contributed by atoms with van der Waals surface area (Å²) in [5, 5.41) is 0.980. The first kappa shape index (κ1) is 30.2. The smallest absolute Gasteiger partial charge is 0.308 e. The molecule has 8 rings (SSSR count). The van der Waals surface area contributed by atoms with Crippen molar-refractivity contribution < 1.29 is 14.4 Å². The molecular formula is C37H41N3O4S2. The molecule has 7 unspecified atom stereocenters. The highest BCUT2D eigenvalue weighted by molar-refractivity contribution is 8.00.